The minimum Gasteiger partial charge on any atom is -0.298 e. The lowest BCUT2D eigenvalue weighted by Crippen LogP contribution is -2.11. The zero-order chi connectivity index (χ0) is 18.9. The molecule has 0 bridgehead atoms. The van der Waals surface area contributed by atoms with Crippen LogP contribution in [0.1, 0.15) is 15.9 Å². The van der Waals surface area contributed by atoms with Crippen LogP contribution in [0.3, 0.4) is 0 Å². The number of nitrogens with zero attached hydrogens (tertiary/aromatic N) is 1. The molecule has 134 valence electrons. The predicted molar refractivity (Wildman–Crippen MR) is 99.7 cm³/mol. The maximum atomic E-state index is 13.1. The third-order valence-electron chi connectivity index (χ3n) is 3.36. The van der Waals surface area contributed by atoms with Crippen LogP contribution in [-0.4, -0.2) is 10.9 Å². The van der Waals surface area contributed by atoms with Crippen LogP contribution in [0.25, 0.3) is 11.3 Å². The van der Waals surface area contributed by atoms with E-state index in [2.05, 4.69) is 26.2 Å². The molecule has 1 N–H and O–H groups in total. The van der Waals surface area contributed by atoms with Crippen molar-refractivity contribution in [3.8, 4) is 11.3 Å². The van der Waals surface area contributed by atoms with Gasteiger partial charge in [-0.15, -0.1) is 11.3 Å². The first-order valence-corrected chi connectivity index (χ1v) is 9.18. The first kappa shape index (κ1) is 18.9. The molecule has 3 aromatic rings. The standard InChI is InChI=1S/C17H9BrClF3N2OS/c18-10-5-9(6-11(19)7-10)15(25)24-16-23-14(8-26-16)12-3-1-2-4-13(12)17(20,21)22/h1-8H,(H,23,24,25). The van der Waals surface area contributed by atoms with Gasteiger partial charge < -0.3 is 0 Å². The van der Waals surface area contributed by atoms with Gasteiger partial charge in [-0.25, -0.2) is 4.98 Å². The smallest absolute Gasteiger partial charge is 0.298 e. The summed E-state index contributed by atoms with van der Waals surface area (Å²) in [6.07, 6.45) is -4.49. The minimum atomic E-state index is -4.49. The van der Waals surface area contributed by atoms with E-state index in [1.807, 2.05) is 0 Å². The summed E-state index contributed by atoms with van der Waals surface area (Å²) in [5, 5.41) is 4.61. The van der Waals surface area contributed by atoms with Crippen molar-refractivity contribution in [2.24, 2.45) is 0 Å². The Bertz CT molecular complexity index is 954. The number of nitrogens with one attached hydrogen (secondary N) is 1. The van der Waals surface area contributed by atoms with Gasteiger partial charge in [0.25, 0.3) is 5.91 Å². The molecule has 0 aliphatic rings. The summed E-state index contributed by atoms with van der Waals surface area (Å²) in [6, 6.07) is 9.86. The molecule has 0 spiro atoms. The second-order valence-electron chi connectivity index (χ2n) is 5.19. The van der Waals surface area contributed by atoms with Crippen molar-refractivity contribution in [2.75, 3.05) is 5.32 Å². The molecule has 3 nitrogen and oxygen atoms in total. The quantitative estimate of drug-likeness (QED) is 0.484. The largest absolute Gasteiger partial charge is 0.417 e. The van der Waals surface area contributed by atoms with Gasteiger partial charge in [0.1, 0.15) is 0 Å². The summed E-state index contributed by atoms with van der Waals surface area (Å²) >= 11 is 10.2. The molecule has 0 radical (unpaired) electrons. The number of benzene rings is 2. The Morgan fingerprint density at radius 3 is 2.62 bits per heavy atom. The average Bonchev–Trinajstić information content (AvgIpc) is 3.01. The second-order valence-corrected chi connectivity index (χ2v) is 7.40. The highest BCUT2D eigenvalue weighted by Crippen LogP contribution is 2.37. The molecule has 1 aromatic heterocycles. The number of amides is 1. The third kappa shape index (κ3) is 4.25. The fourth-order valence-corrected chi connectivity index (χ4v) is 3.83. The maximum absolute atomic E-state index is 13.1. The molecule has 1 amide bonds. The van der Waals surface area contributed by atoms with E-state index in [0.717, 1.165) is 17.4 Å². The van der Waals surface area contributed by atoms with E-state index in [1.165, 1.54) is 29.6 Å². The van der Waals surface area contributed by atoms with Gasteiger partial charge in [-0.1, -0.05) is 45.7 Å². The molecule has 0 fully saturated rings. The highest BCUT2D eigenvalue weighted by molar-refractivity contribution is 9.10. The van der Waals surface area contributed by atoms with E-state index in [4.69, 9.17) is 11.6 Å². The van der Waals surface area contributed by atoms with Gasteiger partial charge >= 0.3 is 6.18 Å². The van der Waals surface area contributed by atoms with Gasteiger partial charge in [-0.05, 0) is 24.3 Å². The van der Waals surface area contributed by atoms with Gasteiger partial charge in [-0.3, -0.25) is 10.1 Å². The van der Waals surface area contributed by atoms with Crippen molar-refractivity contribution in [1.82, 2.24) is 4.98 Å². The number of hydrogen-bond donors (Lipinski definition) is 1. The number of aromatic nitrogens is 1. The number of halogens is 5. The Balaban J connectivity index is 1.86. The Morgan fingerprint density at radius 2 is 1.92 bits per heavy atom. The van der Waals surface area contributed by atoms with Crippen LogP contribution in [-0.2, 0) is 6.18 Å². The average molecular weight is 462 g/mol. The van der Waals surface area contributed by atoms with Crippen LogP contribution in [0.2, 0.25) is 5.02 Å². The molecular weight excluding hydrogens is 453 g/mol. The topological polar surface area (TPSA) is 42.0 Å². The van der Waals surface area contributed by atoms with Gasteiger partial charge in [-0.2, -0.15) is 13.2 Å². The van der Waals surface area contributed by atoms with E-state index >= 15 is 0 Å². The first-order chi connectivity index (χ1) is 12.2. The SMILES string of the molecule is O=C(Nc1nc(-c2ccccc2C(F)(F)F)cs1)c1cc(Cl)cc(Br)c1. The lowest BCUT2D eigenvalue weighted by molar-refractivity contribution is -0.137. The third-order valence-corrected chi connectivity index (χ3v) is 4.79. The molecule has 2 aromatic carbocycles. The first-order valence-electron chi connectivity index (χ1n) is 7.13. The molecule has 26 heavy (non-hydrogen) atoms. The number of alkyl halides is 3. The lowest BCUT2D eigenvalue weighted by atomic mass is 10.1. The summed E-state index contributed by atoms with van der Waals surface area (Å²) in [7, 11) is 0. The molecule has 1 heterocycles. The number of hydrogen-bond acceptors (Lipinski definition) is 3. The van der Waals surface area contributed by atoms with Crippen LogP contribution >= 0.6 is 38.9 Å². The van der Waals surface area contributed by atoms with Crippen molar-refractivity contribution in [1.29, 1.82) is 0 Å². The zero-order valence-corrected chi connectivity index (χ0v) is 15.9. The van der Waals surface area contributed by atoms with Crippen molar-refractivity contribution < 1.29 is 18.0 Å². The van der Waals surface area contributed by atoms with E-state index in [0.29, 0.717) is 15.1 Å². The monoisotopic (exact) mass is 460 g/mol. The van der Waals surface area contributed by atoms with E-state index in [9.17, 15) is 18.0 Å². The summed E-state index contributed by atoms with van der Waals surface area (Å²) in [6.45, 7) is 0. The van der Waals surface area contributed by atoms with Gasteiger partial charge in [0, 0.05) is 26.0 Å². The van der Waals surface area contributed by atoms with Crippen molar-refractivity contribution in [2.45, 2.75) is 6.18 Å². The van der Waals surface area contributed by atoms with Crippen LogP contribution < -0.4 is 5.32 Å². The Kier molecular flexibility index (Phi) is 5.36. The zero-order valence-electron chi connectivity index (χ0n) is 12.8. The molecule has 0 saturated heterocycles. The molecule has 0 aliphatic heterocycles. The number of carbonyl (C=O) groups is 1. The molecular formula is C17H9BrClF3N2OS. The fraction of sp³-hybridized carbons (Fsp3) is 0.0588. The molecule has 9 heteroatoms. The van der Waals surface area contributed by atoms with E-state index < -0.39 is 17.6 Å². The van der Waals surface area contributed by atoms with Crippen LogP contribution in [0.5, 0.6) is 0 Å². The summed E-state index contributed by atoms with van der Waals surface area (Å²) < 4.78 is 40.0. The van der Waals surface area contributed by atoms with Crippen molar-refractivity contribution >= 4 is 49.9 Å². The maximum Gasteiger partial charge on any atom is 0.417 e. The molecule has 3 rings (SSSR count). The van der Waals surface area contributed by atoms with Gasteiger partial charge in [0.2, 0.25) is 0 Å². The normalized spacial score (nSPS) is 11.4. The highest BCUT2D eigenvalue weighted by atomic mass is 79.9. The van der Waals surface area contributed by atoms with E-state index in [-0.39, 0.29) is 16.4 Å². The molecule has 0 atom stereocenters. The summed E-state index contributed by atoms with van der Waals surface area (Å²) in [5.41, 5.74) is -0.369. The Morgan fingerprint density at radius 1 is 1.19 bits per heavy atom. The number of thiazole rings is 1. The molecule has 0 unspecified atom stereocenters. The molecule has 0 aliphatic carbocycles. The van der Waals surface area contributed by atoms with Crippen LogP contribution in [0.15, 0.2) is 52.3 Å². The van der Waals surface area contributed by atoms with E-state index in [1.54, 1.807) is 12.1 Å². The molecule has 0 saturated carbocycles. The summed E-state index contributed by atoms with van der Waals surface area (Å²) in [4.78, 5) is 16.4. The minimum absolute atomic E-state index is 0.0396. The Labute approximate surface area is 164 Å². The van der Waals surface area contributed by atoms with Crippen LogP contribution in [0.4, 0.5) is 18.3 Å². The summed E-state index contributed by atoms with van der Waals surface area (Å²) in [5.74, 6) is -0.460. The fourth-order valence-electron chi connectivity index (χ4n) is 2.26. The predicted octanol–water partition coefficient (Wildman–Crippen LogP) is 6.50. The highest BCUT2D eigenvalue weighted by Gasteiger charge is 2.33. The number of carbonyl (C=O) groups excluding carboxylic acids is 1. The number of anilines is 1. The van der Waals surface area contributed by atoms with Gasteiger partial charge in [0.05, 0.1) is 11.3 Å². The van der Waals surface area contributed by atoms with Crippen molar-refractivity contribution in [3.63, 3.8) is 0 Å². The number of rotatable bonds is 3. The van der Waals surface area contributed by atoms with Crippen LogP contribution in [0, 0.1) is 0 Å². The Hall–Kier alpha value is -1.90. The second kappa shape index (κ2) is 7.38. The van der Waals surface area contributed by atoms with Gasteiger partial charge in [0.15, 0.2) is 5.13 Å². The van der Waals surface area contributed by atoms with Crippen molar-refractivity contribution in [3.05, 3.63) is 68.5 Å². The lowest BCUT2D eigenvalue weighted by Gasteiger charge is -2.10.